The van der Waals surface area contributed by atoms with Crippen molar-refractivity contribution in [1.29, 1.82) is 0 Å². The number of hydrogen-bond acceptors (Lipinski definition) is 1. The fraction of sp³-hybridized carbons (Fsp3) is 0.467. The van der Waals surface area contributed by atoms with Crippen LogP contribution in [-0.4, -0.2) is 12.6 Å². The Hall–Kier alpha value is -1.29. The Balaban J connectivity index is 1.98. The van der Waals surface area contributed by atoms with Gasteiger partial charge in [0.05, 0.1) is 5.56 Å². The van der Waals surface area contributed by atoms with E-state index in [2.05, 4.69) is 5.32 Å². The summed E-state index contributed by atoms with van der Waals surface area (Å²) >= 11 is 0. The molecule has 1 nitrogen and oxygen atoms in total. The lowest BCUT2D eigenvalue weighted by atomic mass is 10.1. The van der Waals surface area contributed by atoms with Gasteiger partial charge >= 0.3 is 6.18 Å². The Morgan fingerprint density at radius 3 is 2.47 bits per heavy atom. The highest BCUT2D eigenvalue weighted by Gasteiger charge is 2.29. The van der Waals surface area contributed by atoms with Gasteiger partial charge in [-0.25, -0.2) is 0 Å². The van der Waals surface area contributed by atoms with E-state index in [0.29, 0.717) is 6.04 Å². The van der Waals surface area contributed by atoms with Crippen LogP contribution in [0.3, 0.4) is 0 Å². The van der Waals surface area contributed by atoms with Crippen LogP contribution < -0.4 is 5.32 Å². The zero-order valence-corrected chi connectivity index (χ0v) is 10.7. The standard InChI is InChI=1S/C15H18F3N/c16-15(17,18)13-8-5-12(6-9-13)7-10-14-4-2-1-3-11-19-14/h5-10,14,19H,1-4,11H2/b10-7+. The summed E-state index contributed by atoms with van der Waals surface area (Å²) in [6.45, 7) is 1.02. The molecule has 19 heavy (non-hydrogen) atoms. The summed E-state index contributed by atoms with van der Waals surface area (Å²) in [5.41, 5.74) is 0.205. The first kappa shape index (κ1) is 14.1. The SMILES string of the molecule is FC(F)(F)c1ccc(/C=C/C2CCCCCN2)cc1. The van der Waals surface area contributed by atoms with Crippen LogP contribution in [0.4, 0.5) is 13.2 Å². The Morgan fingerprint density at radius 1 is 1.05 bits per heavy atom. The average molecular weight is 269 g/mol. The van der Waals surface area contributed by atoms with E-state index in [0.717, 1.165) is 30.7 Å². The molecule has 4 heteroatoms. The number of halogens is 3. The molecule has 0 bridgehead atoms. The molecular formula is C15H18F3N. The van der Waals surface area contributed by atoms with E-state index in [1.807, 2.05) is 12.2 Å². The predicted molar refractivity (Wildman–Crippen MR) is 70.7 cm³/mol. The van der Waals surface area contributed by atoms with Gasteiger partial charge < -0.3 is 5.32 Å². The van der Waals surface area contributed by atoms with Crippen molar-refractivity contribution >= 4 is 6.08 Å². The summed E-state index contributed by atoms with van der Waals surface area (Å²) in [5, 5.41) is 3.42. The molecule has 1 aromatic carbocycles. The van der Waals surface area contributed by atoms with Gasteiger partial charge in [0, 0.05) is 6.04 Å². The van der Waals surface area contributed by atoms with Gasteiger partial charge in [-0.15, -0.1) is 0 Å². The first-order chi connectivity index (χ1) is 9.05. The van der Waals surface area contributed by atoms with Crippen LogP contribution in [0.25, 0.3) is 6.08 Å². The highest BCUT2D eigenvalue weighted by molar-refractivity contribution is 5.50. The van der Waals surface area contributed by atoms with Crippen molar-refractivity contribution in [2.24, 2.45) is 0 Å². The molecule has 104 valence electrons. The first-order valence-corrected chi connectivity index (χ1v) is 6.64. The summed E-state index contributed by atoms with van der Waals surface area (Å²) in [7, 11) is 0. The molecule has 1 aliphatic rings. The van der Waals surface area contributed by atoms with E-state index in [-0.39, 0.29) is 0 Å². The zero-order valence-electron chi connectivity index (χ0n) is 10.7. The minimum atomic E-state index is -4.26. The highest BCUT2D eigenvalue weighted by atomic mass is 19.4. The van der Waals surface area contributed by atoms with Crippen LogP contribution in [0.1, 0.15) is 36.8 Å². The van der Waals surface area contributed by atoms with Crippen LogP contribution in [0, 0.1) is 0 Å². The minimum Gasteiger partial charge on any atom is -0.311 e. The second-order valence-electron chi connectivity index (χ2n) is 4.89. The van der Waals surface area contributed by atoms with E-state index in [9.17, 15) is 13.2 Å². The zero-order chi connectivity index (χ0) is 13.7. The van der Waals surface area contributed by atoms with Crippen molar-refractivity contribution < 1.29 is 13.2 Å². The Bertz CT molecular complexity index is 412. The van der Waals surface area contributed by atoms with Crippen LogP contribution in [0.2, 0.25) is 0 Å². The fourth-order valence-electron chi connectivity index (χ4n) is 2.23. The average Bonchev–Trinajstić information content (AvgIpc) is 2.64. The number of hydrogen-bond donors (Lipinski definition) is 1. The van der Waals surface area contributed by atoms with Crippen LogP contribution in [0.15, 0.2) is 30.3 Å². The van der Waals surface area contributed by atoms with Gasteiger partial charge in [-0.3, -0.25) is 0 Å². The monoisotopic (exact) mass is 269 g/mol. The Labute approximate surface area is 111 Å². The molecule has 1 aliphatic heterocycles. The Kier molecular flexibility index (Phi) is 4.64. The van der Waals surface area contributed by atoms with E-state index in [1.165, 1.54) is 31.4 Å². The number of nitrogens with one attached hydrogen (secondary N) is 1. The lowest BCUT2D eigenvalue weighted by Gasteiger charge is -2.10. The number of rotatable bonds is 2. The summed E-state index contributed by atoms with van der Waals surface area (Å²) in [6, 6.07) is 5.61. The minimum absolute atomic E-state index is 0.338. The number of benzene rings is 1. The molecule has 1 fully saturated rings. The van der Waals surface area contributed by atoms with E-state index in [4.69, 9.17) is 0 Å². The first-order valence-electron chi connectivity index (χ1n) is 6.64. The molecule has 0 amide bonds. The predicted octanol–water partition coefficient (Wildman–Crippen LogP) is 4.25. The maximum absolute atomic E-state index is 12.4. The normalized spacial score (nSPS) is 21.5. The van der Waals surface area contributed by atoms with Gasteiger partial charge in [0.25, 0.3) is 0 Å². The highest BCUT2D eigenvalue weighted by Crippen LogP contribution is 2.29. The van der Waals surface area contributed by atoms with Crippen LogP contribution >= 0.6 is 0 Å². The lowest BCUT2D eigenvalue weighted by Crippen LogP contribution is -2.25. The maximum atomic E-state index is 12.4. The van der Waals surface area contributed by atoms with Gasteiger partial charge in [-0.1, -0.05) is 37.1 Å². The van der Waals surface area contributed by atoms with E-state index in [1.54, 1.807) is 0 Å². The molecule has 0 aliphatic carbocycles. The summed E-state index contributed by atoms with van der Waals surface area (Å²) < 4.78 is 37.2. The third-order valence-corrected chi connectivity index (χ3v) is 3.36. The lowest BCUT2D eigenvalue weighted by molar-refractivity contribution is -0.137. The maximum Gasteiger partial charge on any atom is 0.416 e. The van der Waals surface area contributed by atoms with Crippen molar-refractivity contribution in [2.45, 2.75) is 37.9 Å². The quantitative estimate of drug-likeness (QED) is 0.846. The van der Waals surface area contributed by atoms with Gasteiger partial charge in [-0.2, -0.15) is 13.2 Å². The van der Waals surface area contributed by atoms with Crippen molar-refractivity contribution in [2.75, 3.05) is 6.54 Å². The molecular weight excluding hydrogens is 251 g/mol. The van der Waals surface area contributed by atoms with Crippen molar-refractivity contribution in [3.05, 3.63) is 41.5 Å². The smallest absolute Gasteiger partial charge is 0.311 e. The van der Waals surface area contributed by atoms with Gasteiger partial charge in [-0.05, 0) is 37.1 Å². The second kappa shape index (κ2) is 6.24. The number of alkyl halides is 3. The molecule has 1 atom stereocenters. The molecule has 1 aromatic rings. The molecule has 2 rings (SSSR count). The summed E-state index contributed by atoms with van der Waals surface area (Å²) in [5.74, 6) is 0. The van der Waals surface area contributed by atoms with Gasteiger partial charge in [0.1, 0.15) is 0 Å². The third kappa shape index (κ3) is 4.39. The van der Waals surface area contributed by atoms with Crippen molar-refractivity contribution in [3.63, 3.8) is 0 Å². The molecule has 1 saturated heterocycles. The topological polar surface area (TPSA) is 12.0 Å². The van der Waals surface area contributed by atoms with Gasteiger partial charge in [0.15, 0.2) is 0 Å². The summed E-state index contributed by atoms with van der Waals surface area (Å²) in [4.78, 5) is 0. The van der Waals surface area contributed by atoms with E-state index >= 15 is 0 Å². The van der Waals surface area contributed by atoms with Crippen LogP contribution in [-0.2, 0) is 6.18 Å². The summed E-state index contributed by atoms with van der Waals surface area (Å²) in [6.07, 6.45) is 4.43. The fourth-order valence-corrected chi connectivity index (χ4v) is 2.23. The molecule has 0 radical (unpaired) electrons. The van der Waals surface area contributed by atoms with Gasteiger partial charge in [0.2, 0.25) is 0 Å². The molecule has 1 N–H and O–H groups in total. The second-order valence-corrected chi connectivity index (χ2v) is 4.89. The van der Waals surface area contributed by atoms with E-state index < -0.39 is 11.7 Å². The molecule has 1 unspecified atom stereocenters. The third-order valence-electron chi connectivity index (χ3n) is 3.36. The molecule has 1 heterocycles. The molecule has 0 saturated carbocycles. The van der Waals surface area contributed by atoms with Crippen molar-refractivity contribution in [3.8, 4) is 0 Å². The largest absolute Gasteiger partial charge is 0.416 e. The molecule has 0 aromatic heterocycles. The van der Waals surface area contributed by atoms with Crippen LogP contribution in [0.5, 0.6) is 0 Å². The Morgan fingerprint density at radius 2 is 1.79 bits per heavy atom. The van der Waals surface area contributed by atoms with Crippen molar-refractivity contribution in [1.82, 2.24) is 5.32 Å². The molecule has 0 spiro atoms.